The number of nitrogens with zero attached hydrogens (tertiary/aromatic N) is 5. The topological polar surface area (TPSA) is 77.6 Å². The SMILES string of the molecule is [2H]C([2H])([2H])c1cnc(-c2cc3oc4ccccc4c3cn2)nc1.[Ir].[c-]1ccccc1-c1ccccn1.[c-]1ccccc1-c1ccccn1. The van der Waals surface area contributed by atoms with Crippen LogP contribution in [0.25, 0.3) is 56.0 Å². The van der Waals surface area contributed by atoms with Gasteiger partial charge in [0.2, 0.25) is 0 Å². The Kier molecular flexibility index (Phi) is 9.31. The minimum absolute atomic E-state index is 0. The fourth-order valence-corrected chi connectivity index (χ4v) is 4.35. The van der Waals surface area contributed by atoms with Crippen LogP contribution in [-0.2, 0) is 20.1 Å². The van der Waals surface area contributed by atoms with Crippen LogP contribution in [0.1, 0.15) is 9.68 Å². The molecule has 3 aromatic carbocycles. The average molecular weight is 765 g/mol. The summed E-state index contributed by atoms with van der Waals surface area (Å²) in [7, 11) is 0. The predicted octanol–water partition coefficient (Wildman–Crippen LogP) is 8.84. The van der Waals surface area contributed by atoms with Crippen LogP contribution >= 0.6 is 0 Å². The van der Waals surface area contributed by atoms with E-state index < -0.39 is 6.85 Å². The van der Waals surface area contributed by atoms with Crippen molar-refractivity contribution in [2.24, 2.45) is 0 Å². The van der Waals surface area contributed by atoms with E-state index in [-0.39, 0.29) is 25.7 Å². The van der Waals surface area contributed by atoms with Crippen LogP contribution in [0.5, 0.6) is 0 Å². The fourth-order valence-electron chi connectivity index (χ4n) is 4.35. The summed E-state index contributed by atoms with van der Waals surface area (Å²) >= 11 is 0. The van der Waals surface area contributed by atoms with Crippen molar-refractivity contribution in [1.82, 2.24) is 24.9 Å². The second-order valence-electron chi connectivity index (χ2n) is 9.44. The Morgan fingerprint density at radius 3 is 1.71 bits per heavy atom. The fraction of sp³-hybridized carbons (Fsp3) is 0.0263. The molecule has 7 heteroatoms. The maximum Gasteiger partial charge on any atom is 0.178 e. The van der Waals surface area contributed by atoms with Crippen LogP contribution < -0.4 is 0 Å². The maximum atomic E-state index is 7.34. The molecule has 0 aliphatic carbocycles. The van der Waals surface area contributed by atoms with E-state index in [1.165, 1.54) is 12.4 Å². The van der Waals surface area contributed by atoms with Crippen molar-refractivity contribution in [2.45, 2.75) is 6.85 Å². The Labute approximate surface area is 279 Å². The molecule has 0 N–H and O–H groups in total. The molecule has 8 rings (SSSR count). The first-order valence-corrected chi connectivity index (χ1v) is 13.8. The van der Waals surface area contributed by atoms with Crippen molar-refractivity contribution in [2.75, 3.05) is 0 Å². The average Bonchev–Trinajstić information content (AvgIpc) is 3.51. The van der Waals surface area contributed by atoms with E-state index in [1.807, 2.05) is 109 Å². The summed E-state index contributed by atoms with van der Waals surface area (Å²) in [6.07, 6.45) is 7.91. The standard InChI is InChI=1S/C16H11N3O.2C11H8N.Ir/c1-10-7-18-16(19-8-10)13-6-15-12(9-17-13)11-4-2-3-5-14(11)20-15;2*1-2-6-10(7-3-1)11-8-4-5-9-12-11;/h2-9H,1H3;2*1-6,8-9H;/q;2*-1;/i1D3;;;. The second kappa shape index (κ2) is 15.4. The van der Waals surface area contributed by atoms with Crippen molar-refractivity contribution in [3.8, 4) is 34.0 Å². The molecule has 0 fully saturated rings. The zero-order valence-corrected chi connectivity index (χ0v) is 26.2. The zero-order valence-electron chi connectivity index (χ0n) is 26.8. The number of aromatic nitrogens is 5. The molecule has 0 bridgehead atoms. The number of furan rings is 1. The molecule has 45 heavy (non-hydrogen) atoms. The minimum Gasteiger partial charge on any atom is -0.456 e. The number of hydrogen-bond acceptors (Lipinski definition) is 6. The Morgan fingerprint density at radius 2 is 1.16 bits per heavy atom. The minimum atomic E-state index is -2.21. The van der Waals surface area contributed by atoms with Gasteiger partial charge in [0.05, 0.1) is 0 Å². The van der Waals surface area contributed by atoms with Crippen molar-refractivity contribution >= 4 is 21.9 Å². The summed E-state index contributed by atoms with van der Waals surface area (Å²) in [5.74, 6) is 0.361. The molecule has 0 amide bonds. The van der Waals surface area contributed by atoms with Crippen LogP contribution in [0.15, 0.2) is 151 Å². The second-order valence-corrected chi connectivity index (χ2v) is 9.44. The van der Waals surface area contributed by atoms with Gasteiger partial charge in [-0.15, -0.1) is 71.8 Å². The summed E-state index contributed by atoms with van der Waals surface area (Å²) in [5.41, 5.74) is 6.15. The van der Waals surface area contributed by atoms with Gasteiger partial charge >= 0.3 is 0 Å². The molecule has 0 spiro atoms. The van der Waals surface area contributed by atoms with E-state index in [4.69, 9.17) is 8.53 Å². The van der Waals surface area contributed by atoms with Gasteiger partial charge in [-0.1, -0.05) is 42.5 Å². The van der Waals surface area contributed by atoms with Crippen molar-refractivity contribution in [1.29, 1.82) is 0 Å². The number of para-hydroxylation sites is 1. The summed E-state index contributed by atoms with van der Waals surface area (Å²) in [6.45, 7) is -2.21. The number of fused-ring (bicyclic) bond motifs is 3. The number of pyridine rings is 3. The van der Waals surface area contributed by atoms with Gasteiger partial charge in [0.25, 0.3) is 0 Å². The Morgan fingerprint density at radius 1 is 0.556 bits per heavy atom. The van der Waals surface area contributed by atoms with Gasteiger partial charge in [0.15, 0.2) is 5.82 Å². The number of aryl methyl sites for hydroxylation is 1. The van der Waals surface area contributed by atoms with Crippen LogP contribution in [-0.4, -0.2) is 24.9 Å². The van der Waals surface area contributed by atoms with E-state index in [9.17, 15) is 0 Å². The molecule has 0 atom stereocenters. The molecule has 5 aromatic heterocycles. The quantitative estimate of drug-likeness (QED) is 0.168. The summed E-state index contributed by atoms with van der Waals surface area (Å²) in [4.78, 5) is 21.0. The molecule has 0 unspecified atom stereocenters. The van der Waals surface area contributed by atoms with Crippen LogP contribution in [0.4, 0.5) is 0 Å². The molecular formula is C38H27IrN5O-2. The summed E-state index contributed by atoms with van der Waals surface area (Å²) < 4.78 is 27.8. The van der Waals surface area contributed by atoms with E-state index in [0.29, 0.717) is 17.1 Å². The summed E-state index contributed by atoms with van der Waals surface area (Å²) in [5, 5.41) is 1.92. The number of rotatable bonds is 3. The van der Waals surface area contributed by atoms with Gasteiger partial charge in [-0.2, -0.15) is 0 Å². The van der Waals surface area contributed by atoms with E-state index >= 15 is 0 Å². The molecule has 6 nitrogen and oxygen atoms in total. The Balaban J connectivity index is 0.000000153. The third-order valence-corrected chi connectivity index (χ3v) is 6.44. The maximum absolute atomic E-state index is 7.34. The van der Waals surface area contributed by atoms with Crippen molar-refractivity contribution in [3.05, 3.63) is 164 Å². The zero-order chi connectivity index (χ0) is 32.5. The molecule has 0 saturated carbocycles. The van der Waals surface area contributed by atoms with Crippen LogP contribution in [0.3, 0.4) is 0 Å². The van der Waals surface area contributed by atoms with Crippen LogP contribution in [0, 0.1) is 19.0 Å². The number of hydrogen-bond donors (Lipinski definition) is 0. The van der Waals surface area contributed by atoms with Gasteiger partial charge < -0.3 is 14.4 Å². The largest absolute Gasteiger partial charge is 0.456 e. The first-order chi connectivity index (χ1) is 23.0. The van der Waals surface area contributed by atoms with Crippen molar-refractivity contribution < 1.29 is 28.6 Å². The van der Waals surface area contributed by atoms with Gasteiger partial charge in [-0.3, -0.25) is 4.98 Å². The number of benzene rings is 3. The van der Waals surface area contributed by atoms with Gasteiger partial charge in [0.1, 0.15) is 16.9 Å². The van der Waals surface area contributed by atoms with Gasteiger partial charge in [-0.25, -0.2) is 9.97 Å². The predicted molar refractivity (Wildman–Crippen MR) is 174 cm³/mol. The molecule has 221 valence electrons. The molecule has 0 aliphatic heterocycles. The summed E-state index contributed by atoms with van der Waals surface area (Å²) in [6, 6.07) is 43.1. The molecule has 0 aliphatic rings. The molecule has 8 aromatic rings. The van der Waals surface area contributed by atoms with Crippen LogP contribution in [0.2, 0.25) is 0 Å². The van der Waals surface area contributed by atoms with E-state index in [2.05, 4.69) is 37.1 Å². The van der Waals surface area contributed by atoms with Gasteiger partial charge in [0, 0.05) is 72.0 Å². The smallest absolute Gasteiger partial charge is 0.178 e. The van der Waals surface area contributed by atoms with Crippen molar-refractivity contribution in [3.63, 3.8) is 0 Å². The normalized spacial score (nSPS) is 11.4. The van der Waals surface area contributed by atoms with E-state index in [0.717, 1.165) is 38.9 Å². The first-order valence-electron chi connectivity index (χ1n) is 15.3. The first kappa shape index (κ1) is 27.2. The van der Waals surface area contributed by atoms with E-state index in [1.54, 1.807) is 24.7 Å². The molecular weight excluding hydrogens is 735 g/mol. The third kappa shape index (κ3) is 7.98. The van der Waals surface area contributed by atoms with Gasteiger partial charge in [-0.05, 0) is 42.0 Å². The Bertz CT molecular complexity index is 2010. The monoisotopic (exact) mass is 765 g/mol. The Hall–Kier alpha value is -5.36. The third-order valence-electron chi connectivity index (χ3n) is 6.44. The molecule has 0 saturated heterocycles. The molecule has 1 radical (unpaired) electrons. The molecule has 5 heterocycles.